The van der Waals surface area contributed by atoms with E-state index in [2.05, 4.69) is 5.32 Å². The molecule has 1 heterocycles. The molecular weight excluding hydrogens is 399 g/mol. The van der Waals surface area contributed by atoms with Crippen molar-refractivity contribution in [2.24, 2.45) is 5.92 Å². The zero-order valence-electron chi connectivity index (χ0n) is 15.2. The Hall–Kier alpha value is -2.37. The number of rotatable bonds is 7. The van der Waals surface area contributed by atoms with Crippen molar-refractivity contribution in [2.45, 2.75) is 19.4 Å². The highest BCUT2D eigenvalue weighted by atomic mass is 35.5. The van der Waals surface area contributed by atoms with E-state index in [1.807, 2.05) is 36.4 Å². The Morgan fingerprint density at radius 3 is 2.50 bits per heavy atom. The molecule has 7 heteroatoms. The van der Waals surface area contributed by atoms with Crippen LogP contribution in [0, 0.1) is 5.92 Å². The summed E-state index contributed by atoms with van der Waals surface area (Å²) in [6, 6.07) is 14.8. The lowest BCUT2D eigenvalue weighted by Gasteiger charge is -2.15. The standard InChI is InChI=1S/C21H20Cl2N2O3/c22-17-9-8-14(11-18(17)23)7-4-10-24-20(27)16-13-25(21(28)19(16)26)12-15-5-2-1-3-6-15/h1-3,5-6,8-9,11,16H,4,7,10,12-13H2,(H,24,27). The molecule has 1 unspecified atom stereocenters. The fourth-order valence-electron chi connectivity index (χ4n) is 3.16. The van der Waals surface area contributed by atoms with E-state index in [0.717, 1.165) is 17.5 Å². The smallest absolute Gasteiger partial charge is 0.291 e. The summed E-state index contributed by atoms with van der Waals surface area (Å²) in [5.41, 5.74) is 1.94. The van der Waals surface area contributed by atoms with Crippen LogP contribution in [-0.4, -0.2) is 35.6 Å². The highest BCUT2D eigenvalue weighted by Gasteiger charge is 2.42. The van der Waals surface area contributed by atoms with Gasteiger partial charge in [0.15, 0.2) is 0 Å². The molecule has 1 N–H and O–H groups in total. The highest BCUT2D eigenvalue weighted by Crippen LogP contribution is 2.23. The Kier molecular flexibility index (Phi) is 6.70. The van der Waals surface area contributed by atoms with Crippen molar-refractivity contribution < 1.29 is 14.4 Å². The van der Waals surface area contributed by atoms with E-state index in [1.54, 1.807) is 12.1 Å². The van der Waals surface area contributed by atoms with Crippen LogP contribution in [0.3, 0.4) is 0 Å². The van der Waals surface area contributed by atoms with Crippen molar-refractivity contribution in [2.75, 3.05) is 13.1 Å². The fourth-order valence-corrected chi connectivity index (χ4v) is 3.48. The second-order valence-corrected chi connectivity index (χ2v) is 7.55. The van der Waals surface area contributed by atoms with Gasteiger partial charge in [0.2, 0.25) is 11.7 Å². The Bertz CT molecular complexity index is 886. The van der Waals surface area contributed by atoms with E-state index in [-0.39, 0.29) is 6.54 Å². The summed E-state index contributed by atoms with van der Waals surface area (Å²) in [4.78, 5) is 38.2. The number of nitrogens with zero attached hydrogens (tertiary/aromatic N) is 1. The number of benzene rings is 2. The van der Waals surface area contributed by atoms with Gasteiger partial charge in [0.25, 0.3) is 5.91 Å². The predicted molar refractivity (Wildman–Crippen MR) is 108 cm³/mol. The second-order valence-electron chi connectivity index (χ2n) is 6.73. The van der Waals surface area contributed by atoms with E-state index >= 15 is 0 Å². The average Bonchev–Trinajstić information content (AvgIpc) is 2.97. The van der Waals surface area contributed by atoms with E-state index in [4.69, 9.17) is 23.2 Å². The van der Waals surface area contributed by atoms with Gasteiger partial charge in [-0.1, -0.05) is 59.6 Å². The lowest BCUT2D eigenvalue weighted by Crippen LogP contribution is -2.36. The summed E-state index contributed by atoms with van der Waals surface area (Å²) in [6.45, 7) is 0.855. The SMILES string of the molecule is O=C(NCCCc1ccc(Cl)c(Cl)c1)C1CN(Cc2ccccc2)C(=O)C1=O. The largest absolute Gasteiger partial charge is 0.355 e. The molecule has 3 rings (SSSR count). The van der Waals surface area contributed by atoms with E-state index < -0.39 is 23.5 Å². The molecule has 5 nitrogen and oxygen atoms in total. The molecule has 0 radical (unpaired) electrons. The van der Waals surface area contributed by atoms with Crippen LogP contribution >= 0.6 is 23.2 Å². The van der Waals surface area contributed by atoms with Crippen LogP contribution in [0.25, 0.3) is 0 Å². The minimum Gasteiger partial charge on any atom is -0.355 e. The maximum absolute atomic E-state index is 12.4. The molecule has 0 spiro atoms. The number of carbonyl (C=O) groups excluding carboxylic acids is 3. The van der Waals surface area contributed by atoms with Gasteiger partial charge in [-0.15, -0.1) is 0 Å². The number of amides is 2. The van der Waals surface area contributed by atoms with E-state index in [0.29, 0.717) is 29.6 Å². The minimum atomic E-state index is -0.943. The zero-order chi connectivity index (χ0) is 20.1. The Balaban J connectivity index is 1.48. The maximum atomic E-state index is 12.4. The summed E-state index contributed by atoms with van der Waals surface area (Å²) in [7, 11) is 0. The maximum Gasteiger partial charge on any atom is 0.291 e. The molecule has 146 valence electrons. The van der Waals surface area contributed by atoms with Crippen molar-refractivity contribution in [1.82, 2.24) is 10.2 Å². The van der Waals surface area contributed by atoms with Crippen LogP contribution in [-0.2, 0) is 27.3 Å². The Labute approximate surface area is 173 Å². The van der Waals surface area contributed by atoms with Crippen molar-refractivity contribution in [3.63, 3.8) is 0 Å². The van der Waals surface area contributed by atoms with Gasteiger partial charge in [-0.3, -0.25) is 14.4 Å². The third-order valence-electron chi connectivity index (χ3n) is 4.68. The van der Waals surface area contributed by atoms with Gasteiger partial charge in [0.1, 0.15) is 5.92 Å². The molecule has 1 atom stereocenters. The first-order chi connectivity index (χ1) is 13.5. The summed E-state index contributed by atoms with van der Waals surface area (Å²) >= 11 is 11.9. The molecule has 2 aromatic rings. The average molecular weight is 419 g/mol. The van der Waals surface area contributed by atoms with Crippen LogP contribution in [0.2, 0.25) is 10.0 Å². The molecule has 1 fully saturated rings. The van der Waals surface area contributed by atoms with Gasteiger partial charge in [-0.25, -0.2) is 0 Å². The summed E-state index contributed by atoms with van der Waals surface area (Å²) in [6.07, 6.45) is 1.40. The normalized spacial score (nSPS) is 16.5. The lowest BCUT2D eigenvalue weighted by atomic mass is 10.1. The topological polar surface area (TPSA) is 66.5 Å². The quantitative estimate of drug-likeness (QED) is 0.426. The minimum absolute atomic E-state index is 0.116. The molecule has 1 aliphatic rings. The van der Waals surface area contributed by atoms with Gasteiger partial charge in [0.05, 0.1) is 10.0 Å². The molecule has 2 aromatic carbocycles. The highest BCUT2D eigenvalue weighted by molar-refractivity contribution is 6.42. The van der Waals surface area contributed by atoms with Gasteiger partial charge < -0.3 is 10.2 Å². The second kappa shape index (κ2) is 9.22. The summed E-state index contributed by atoms with van der Waals surface area (Å²) in [5.74, 6) is -2.58. The summed E-state index contributed by atoms with van der Waals surface area (Å²) < 4.78 is 0. The third-order valence-corrected chi connectivity index (χ3v) is 5.41. The van der Waals surface area contributed by atoms with Gasteiger partial charge in [-0.2, -0.15) is 0 Å². The zero-order valence-corrected chi connectivity index (χ0v) is 16.7. The molecule has 0 bridgehead atoms. The fraction of sp³-hybridized carbons (Fsp3) is 0.286. The number of ketones is 1. The molecule has 0 aromatic heterocycles. The lowest BCUT2D eigenvalue weighted by molar-refractivity contribution is -0.142. The molecule has 2 amide bonds. The molecule has 0 saturated carbocycles. The van der Waals surface area contributed by atoms with Crippen LogP contribution in [0.15, 0.2) is 48.5 Å². The molecule has 0 aliphatic carbocycles. The first kappa shape index (κ1) is 20.4. The van der Waals surface area contributed by atoms with Crippen molar-refractivity contribution in [1.29, 1.82) is 0 Å². The number of nitrogens with one attached hydrogen (secondary N) is 1. The number of Topliss-reactive ketones (excluding diaryl/α,β-unsaturated/α-hetero) is 1. The predicted octanol–water partition coefficient (Wildman–Crippen LogP) is 3.27. The third kappa shape index (κ3) is 4.91. The van der Waals surface area contributed by atoms with Gasteiger partial charge in [0, 0.05) is 19.6 Å². The monoisotopic (exact) mass is 418 g/mol. The van der Waals surface area contributed by atoms with Crippen LogP contribution in [0.4, 0.5) is 0 Å². The number of hydrogen-bond donors (Lipinski definition) is 1. The molecule has 28 heavy (non-hydrogen) atoms. The van der Waals surface area contributed by atoms with Crippen molar-refractivity contribution in [3.8, 4) is 0 Å². The Morgan fingerprint density at radius 2 is 1.79 bits per heavy atom. The number of carbonyl (C=O) groups is 3. The number of halogens is 2. The molecular formula is C21H20Cl2N2O3. The van der Waals surface area contributed by atoms with Gasteiger partial charge in [-0.05, 0) is 36.1 Å². The van der Waals surface area contributed by atoms with Crippen LogP contribution in [0.5, 0.6) is 0 Å². The van der Waals surface area contributed by atoms with Crippen LogP contribution in [0.1, 0.15) is 17.5 Å². The van der Waals surface area contributed by atoms with Crippen molar-refractivity contribution in [3.05, 3.63) is 69.7 Å². The number of likely N-dealkylation sites (tertiary alicyclic amines) is 1. The Morgan fingerprint density at radius 1 is 1.04 bits per heavy atom. The van der Waals surface area contributed by atoms with E-state index in [1.165, 1.54) is 4.90 Å². The summed E-state index contributed by atoms with van der Waals surface area (Å²) in [5, 5.41) is 3.76. The number of aryl methyl sites for hydroxylation is 1. The van der Waals surface area contributed by atoms with Crippen LogP contribution < -0.4 is 5.32 Å². The molecule has 1 saturated heterocycles. The first-order valence-corrected chi connectivity index (χ1v) is 9.80. The first-order valence-electron chi connectivity index (χ1n) is 9.04. The van der Waals surface area contributed by atoms with Crippen molar-refractivity contribution >= 4 is 40.8 Å². The number of hydrogen-bond acceptors (Lipinski definition) is 3. The van der Waals surface area contributed by atoms with E-state index in [9.17, 15) is 14.4 Å². The van der Waals surface area contributed by atoms with Gasteiger partial charge >= 0.3 is 0 Å². The molecule has 1 aliphatic heterocycles.